The van der Waals surface area contributed by atoms with E-state index in [0.717, 1.165) is 12.0 Å². The van der Waals surface area contributed by atoms with Gasteiger partial charge in [0.2, 0.25) is 5.91 Å². The van der Waals surface area contributed by atoms with Gasteiger partial charge in [-0.1, -0.05) is 0 Å². The van der Waals surface area contributed by atoms with E-state index >= 15 is 0 Å². The molecule has 0 aliphatic carbocycles. The van der Waals surface area contributed by atoms with Gasteiger partial charge in [-0.05, 0) is 31.0 Å². The lowest BCUT2D eigenvalue weighted by atomic mass is 10.1. The molecule has 21 heavy (non-hydrogen) atoms. The molecule has 1 aliphatic heterocycles. The van der Waals surface area contributed by atoms with Gasteiger partial charge in [-0.2, -0.15) is 0 Å². The van der Waals surface area contributed by atoms with Gasteiger partial charge >= 0.3 is 6.03 Å². The maximum absolute atomic E-state index is 12.2. The highest BCUT2D eigenvalue weighted by Gasteiger charge is 2.32. The van der Waals surface area contributed by atoms with Gasteiger partial charge in [0.25, 0.3) is 5.91 Å². The lowest BCUT2D eigenvalue weighted by molar-refractivity contribution is -0.133. The summed E-state index contributed by atoms with van der Waals surface area (Å²) in [5, 5.41) is 4.55. The number of rotatable bonds is 6. The second-order valence-corrected chi connectivity index (χ2v) is 4.80. The molecule has 2 rings (SSSR count). The molecule has 0 saturated carbocycles. The first-order chi connectivity index (χ1) is 10.1. The van der Waals surface area contributed by atoms with Gasteiger partial charge in [-0.15, -0.1) is 0 Å². The molecule has 2 N–H and O–H groups in total. The fourth-order valence-electron chi connectivity index (χ4n) is 2.18. The second kappa shape index (κ2) is 6.83. The van der Waals surface area contributed by atoms with Crippen molar-refractivity contribution in [2.45, 2.75) is 25.8 Å². The Bertz CT molecular complexity index is 532. The summed E-state index contributed by atoms with van der Waals surface area (Å²) in [7, 11) is 0. The Morgan fingerprint density at radius 3 is 2.62 bits per heavy atom. The van der Waals surface area contributed by atoms with Gasteiger partial charge in [-0.25, -0.2) is 4.79 Å². The van der Waals surface area contributed by atoms with E-state index in [1.807, 2.05) is 19.1 Å². The maximum atomic E-state index is 12.2. The van der Waals surface area contributed by atoms with E-state index in [2.05, 4.69) is 15.6 Å². The van der Waals surface area contributed by atoms with Gasteiger partial charge in [0.15, 0.2) is 0 Å². The van der Waals surface area contributed by atoms with E-state index in [1.165, 1.54) is 0 Å². The number of carbonyl (C=O) groups is 3. The van der Waals surface area contributed by atoms with Crippen molar-refractivity contribution in [3.05, 3.63) is 30.1 Å². The average Bonchev–Trinajstić information content (AvgIpc) is 2.78. The molecule has 1 aromatic heterocycles. The Kier molecular flexibility index (Phi) is 4.86. The number of pyridine rings is 1. The van der Waals surface area contributed by atoms with Crippen molar-refractivity contribution in [2.75, 3.05) is 13.1 Å². The lowest BCUT2D eigenvalue weighted by Crippen LogP contribution is -2.39. The van der Waals surface area contributed by atoms with Crippen molar-refractivity contribution >= 4 is 17.8 Å². The standard InChI is InChI=1S/C14H18N4O3/c1-2-18(8-5-10-3-6-15-7-4-10)12(19)9-11-13(20)17-14(21)16-11/h3-4,6-7,11H,2,5,8-9H2,1H3,(H2,16,17,20,21). The highest BCUT2D eigenvalue weighted by molar-refractivity contribution is 6.05. The van der Waals surface area contributed by atoms with Crippen LogP contribution in [0.5, 0.6) is 0 Å². The minimum absolute atomic E-state index is 0.0121. The highest BCUT2D eigenvalue weighted by Crippen LogP contribution is 2.05. The molecule has 7 heteroatoms. The number of likely N-dealkylation sites (N-methyl/N-ethyl adjacent to an activating group) is 1. The predicted octanol–water partition coefficient (Wildman–Crippen LogP) is 0.0707. The molecule has 7 nitrogen and oxygen atoms in total. The molecule has 1 fully saturated rings. The van der Waals surface area contributed by atoms with Crippen LogP contribution in [0.4, 0.5) is 4.79 Å². The molecule has 1 aromatic rings. The molecule has 2 heterocycles. The van der Waals surface area contributed by atoms with Gasteiger partial charge in [0.1, 0.15) is 6.04 Å². The summed E-state index contributed by atoms with van der Waals surface area (Å²) < 4.78 is 0. The molecule has 112 valence electrons. The van der Waals surface area contributed by atoms with Gasteiger partial charge < -0.3 is 10.2 Å². The minimum atomic E-state index is -0.764. The topological polar surface area (TPSA) is 91.4 Å². The number of imide groups is 1. The van der Waals surface area contributed by atoms with Crippen LogP contribution in [0, 0.1) is 0 Å². The maximum Gasteiger partial charge on any atom is 0.322 e. The molecule has 1 unspecified atom stereocenters. The first kappa shape index (κ1) is 15.0. The van der Waals surface area contributed by atoms with E-state index in [-0.39, 0.29) is 12.3 Å². The minimum Gasteiger partial charge on any atom is -0.343 e. The Balaban J connectivity index is 1.87. The van der Waals surface area contributed by atoms with E-state index < -0.39 is 18.0 Å². The van der Waals surface area contributed by atoms with Crippen molar-refractivity contribution in [3.63, 3.8) is 0 Å². The van der Waals surface area contributed by atoms with Crippen LogP contribution in [0.2, 0.25) is 0 Å². The fourth-order valence-corrected chi connectivity index (χ4v) is 2.18. The predicted molar refractivity (Wildman–Crippen MR) is 75.3 cm³/mol. The van der Waals surface area contributed by atoms with Crippen LogP contribution in [0.25, 0.3) is 0 Å². The van der Waals surface area contributed by atoms with E-state index in [0.29, 0.717) is 13.1 Å². The van der Waals surface area contributed by atoms with Crippen molar-refractivity contribution in [3.8, 4) is 0 Å². The smallest absolute Gasteiger partial charge is 0.322 e. The Hall–Kier alpha value is -2.44. The molecular formula is C14H18N4O3. The summed E-state index contributed by atoms with van der Waals surface area (Å²) in [5.41, 5.74) is 1.10. The Labute approximate surface area is 122 Å². The van der Waals surface area contributed by atoms with Crippen LogP contribution in [-0.2, 0) is 16.0 Å². The number of amides is 4. The summed E-state index contributed by atoms with van der Waals surface area (Å²) in [6, 6.07) is 2.50. The number of hydrogen-bond donors (Lipinski definition) is 2. The molecule has 1 atom stereocenters. The third-order valence-corrected chi connectivity index (χ3v) is 3.39. The molecule has 1 saturated heterocycles. The number of nitrogens with one attached hydrogen (secondary N) is 2. The van der Waals surface area contributed by atoms with Crippen LogP contribution >= 0.6 is 0 Å². The van der Waals surface area contributed by atoms with Crippen LogP contribution in [0.3, 0.4) is 0 Å². The average molecular weight is 290 g/mol. The molecule has 0 bridgehead atoms. The summed E-state index contributed by atoms with van der Waals surface area (Å²) in [6.07, 6.45) is 4.14. The highest BCUT2D eigenvalue weighted by atomic mass is 16.2. The number of urea groups is 1. The number of hydrogen-bond acceptors (Lipinski definition) is 4. The van der Waals surface area contributed by atoms with E-state index in [9.17, 15) is 14.4 Å². The summed E-state index contributed by atoms with van der Waals surface area (Å²) in [6.45, 7) is 3.02. The first-order valence-electron chi connectivity index (χ1n) is 6.88. The lowest BCUT2D eigenvalue weighted by Gasteiger charge is -2.22. The quantitative estimate of drug-likeness (QED) is 0.725. The van der Waals surface area contributed by atoms with Crippen LogP contribution < -0.4 is 10.6 Å². The zero-order valence-corrected chi connectivity index (χ0v) is 11.8. The zero-order chi connectivity index (χ0) is 15.2. The van der Waals surface area contributed by atoms with Gasteiger partial charge in [-0.3, -0.25) is 19.9 Å². The molecule has 1 aliphatic rings. The summed E-state index contributed by atoms with van der Waals surface area (Å²) in [4.78, 5) is 40.3. The van der Waals surface area contributed by atoms with Crippen LogP contribution in [-0.4, -0.2) is 46.9 Å². The van der Waals surface area contributed by atoms with E-state index in [4.69, 9.17) is 0 Å². The largest absolute Gasteiger partial charge is 0.343 e. The van der Waals surface area contributed by atoms with Crippen molar-refractivity contribution < 1.29 is 14.4 Å². The third-order valence-electron chi connectivity index (χ3n) is 3.39. The fraction of sp³-hybridized carbons (Fsp3) is 0.429. The Morgan fingerprint density at radius 1 is 1.33 bits per heavy atom. The SMILES string of the molecule is CCN(CCc1ccncc1)C(=O)CC1NC(=O)NC1=O. The van der Waals surface area contributed by atoms with Gasteiger partial charge in [0, 0.05) is 25.5 Å². The van der Waals surface area contributed by atoms with Crippen LogP contribution in [0.1, 0.15) is 18.9 Å². The normalized spacial score (nSPS) is 17.3. The van der Waals surface area contributed by atoms with Crippen molar-refractivity contribution in [1.82, 2.24) is 20.5 Å². The first-order valence-corrected chi connectivity index (χ1v) is 6.88. The second-order valence-electron chi connectivity index (χ2n) is 4.80. The van der Waals surface area contributed by atoms with E-state index in [1.54, 1.807) is 17.3 Å². The number of aromatic nitrogens is 1. The van der Waals surface area contributed by atoms with Gasteiger partial charge in [0.05, 0.1) is 6.42 Å². The summed E-state index contributed by atoms with van der Waals surface area (Å²) >= 11 is 0. The molecular weight excluding hydrogens is 272 g/mol. The zero-order valence-electron chi connectivity index (χ0n) is 11.8. The molecule has 0 spiro atoms. The number of carbonyl (C=O) groups excluding carboxylic acids is 3. The third kappa shape index (κ3) is 4.01. The molecule has 0 radical (unpaired) electrons. The molecule has 0 aromatic carbocycles. The Morgan fingerprint density at radius 2 is 2.05 bits per heavy atom. The molecule has 4 amide bonds. The summed E-state index contributed by atoms with van der Waals surface area (Å²) in [5.74, 6) is -0.590. The van der Waals surface area contributed by atoms with Crippen molar-refractivity contribution in [1.29, 1.82) is 0 Å². The monoisotopic (exact) mass is 290 g/mol. The van der Waals surface area contributed by atoms with Crippen LogP contribution in [0.15, 0.2) is 24.5 Å². The number of nitrogens with zero attached hydrogens (tertiary/aromatic N) is 2. The van der Waals surface area contributed by atoms with Crippen molar-refractivity contribution in [2.24, 2.45) is 0 Å².